The molecule has 2 rings (SSSR count). The fourth-order valence-corrected chi connectivity index (χ4v) is 4.66. The van der Waals surface area contributed by atoms with Gasteiger partial charge in [-0.1, -0.05) is 0 Å². The van der Waals surface area contributed by atoms with E-state index in [2.05, 4.69) is 9.82 Å². The number of carbonyl (C=O) groups is 2. The number of aliphatic carboxylic acids is 1. The number of carboxylic acid groups (broad SMARTS) is 1. The lowest BCUT2D eigenvalue weighted by Gasteiger charge is -2.36. The third kappa shape index (κ3) is 4.05. The van der Waals surface area contributed by atoms with Crippen LogP contribution >= 0.6 is 0 Å². The number of hydrogen-bond acceptors (Lipinski definition) is 6. The lowest BCUT2D eigenvalue weighted by molar-refractivity contribution is -0.167. The molecule has 1 aliphatic heterocycles. The number of nitrogens with one attached hydrogen (secondary N) is 1. The van der Waals surface area contributed by atoms with E-state index in [1.165, 1.54) is 16.5 Å². The highest BCUT2D eigenvalue weighted by molar-refractivity contribution is 7.89. The highest BCUT2D eigenvalue weighted by atomic mass is 32.2. The second kappa shape index (κ2) is 7.33. The van der Waals surface area contributed by atoms with Gasteiger partial charge in [0.1, 0.15) is 4.90 Å². The van der Waals surface area contributed by atoms with Crippen LogP contribution in [-0.2, 0) is 31.4 Å². The molecular formula is C15H24N4O6S. The molecule has 0 aliphatic carbocycles. The van der Waals surface area contributed by atoms with Crippen LogP contribution in [0.2, 0.25) is 0 Å². The van der Waals surface area contributed by atoms with E-state index in [4.69, 9.17) is 9.84 Å². The number of carboxylic acids is 1. The van der Waals surface area contributed by atoms with Crippen molar-refractivity contribution in [1.82, 2.24) is 19.4 Å². The quantitative estimate of drug-likeness (QED) is 0.689. The third-order valence-corrected chi connectivity index (χ3v) is 6.05. The first-order chi connectivity index (χ1) is 11.9. The number of carbonyl (C=O) groups excluding carboxylic acids is 1. The summed E-state index contributed by atoms with van der Waals surface area (Å²) in [6.45, 7) is 6.36. The maximum absolute atomic E-state index is 12.7. The molecule has 10 nitrogen and oxygen atoms in total. The number of rotatable bonds is 5. The monoisotopic (exact) mass is 388 g/mol. The molecule has 1 aromatic heterocycles. The summed E-state index contributed by atoms with van der Waals surface area (Å²) in [5.74, 6) is -1.67. The molecule has 0 radical (unpaired) electrons. The number of amides is 1. The lowest BCUT2D eigenvalue weighted by Crippen LogP contribution is -2.56. The summed E-state index contributed by atoms with van der Waals surface area (Å²) < 4.78 is 34.4. The van der Waals surface area contributed by atoms with Gasteiger partial charge in [-0.3, -0.25) is 9.48 Å². The van der Waals surface area contributed by atoms with Crippen molar-refractivity contribution < 1.29 is 27.9 Å². The fourth-order valence-electron chi connectivity index (χ4n) is 3.03. The Hall–Kier alpha value is -1.98. The zero-order valence-corrected chi connectivity index (χ0v) is 16.2. The third-order valence-electron chi connectivity index (χ3n) is 4.26. The van der Waals surface area contributed by atoms with Gasteiger partial charge in [-0.25, -0.2) is 13.2 Å². The molecule has 2 heterocycles. The van der Waals surface area contributed by atoms with Crippen LogP contribution in [0.25, 0.3) is 0 Å². The molecule has 1 fully saturated rings. The smallest absolute Gasteiger partial charge is 0.334 e. The number of aromatic nitrogens is 2. The molecule has 26 heavy (non-hydrogen) atoms. The predicted molar refractivity (Wildman–Crippen MR) is 91.0 cm³/mol. The Kier molecular flexibility index (Phi) is 5.73. The van der Waals surface area contributed by atoms with E-state index >= 15 is 0 Å². The Morgan fingerprint density at radius 2 is 1.96 bits per heavy atom. The van der Waals surface area contributed by atoms with E-state index in [9.17, 15) is 18.0 Å². The van der Waals surface area contributed by atoms with Gasteiger partial charge in [0.25, 0.3) is 0 Å². The van der Waals surface area contributed by atoms with E-state index in [-0.39, 0.29) is 18.0 Å². The molecular weight excluding hydrogens is 364 g/mol. The molecule has 1 aliphatic rings. The Balaban J connectivity index is 2.16. The zero-order chi connectivity index (χ0) is 19.8. The first kappa shape index (κ1) is 20.3. The summed E-state index contributed by atoms with van der Waals surface area (Å²) in [4.78, 5) is 25.1. The van der Waals surface area contributed by atoms with E-state index in [1.807, 2.05) is 0 Å². The second-order valence-electron chi connectivity index (χ2n) is 6.48. The Morgan fingerprint density at radius 3 is 2.46 bits per heavy atom. The van der Waals surface area contributed by atoms with E-state index in [0.29, 0.717) is 11.4 Å². The van der Waals surface area contributed by atoms with Gasteiger partial charge in [-0.2, -0.15) is 9.82 Å². The summed E-state index contributed by atoms with van der Waals surface area (Å²) in [6, 6.07) is -1.06. The zero-order valence-electron chi connectivity index (χ0n) is 15.4. The maximum atomic E-state index is 12.7. The molecule has 2 N–H and O–H groups in total. The van der Waals surface area contributed by atoms with Gasteiger partial charge in [0.2, 0.25) is 15.9 Å². The molecule has 1 amide bonds. The SMILES string of the molecule is Cc1nn(C)c(C)c1S(=O)(=O)NC(C)C(=O)N1CC(C(=O)O)O[C@H](C)C1. The van der Waals surface area contributed by atoms with E-state index < -0.39 is 40.1 Å². The average molecular weight is 388 g/mol. The summed E-state index contributed by atoms with van der Waals surface area (Å²) in [5.41, 5.74) is 0.795. The Labute approximate surface area is 152 Å². The first-order valence-corrected chi connectivity index (χ1v) is 9.62. The van der Waals surface area contributed by atoms with Crippen LogP contribution in [0.1, 0.15) is 25.2 Å². The lowest BCUT2D eigenvalue weighted by atomic mass is 10.2. The van der Waals surface area contributed by atoms with Crippen molar-refractivity contribution >= 4 is 21.9 Å². The summed E-state index contributed by atoms with van der Waals surface area (Å²) in [7, 11) is -2.32. The molecule has 11 heteroatoms. The van der Waals surface area contributed by atoms with E-state index in [0.717, 1.165) is 0 Å². The summed E-state index contributed by atoms with van der Waals surface area (Å²) in [5, 5.41) is 13.2. The van der Waals surface area contributed by atoms with Crippen molar-refractivity contribution in [1.29, 1.82) is 0 Å². The first-order valence-electron chi connectivity index (χ1n) is 8.13. The highest BCUT2D eigenvalue weighted by Gasteiger charge is 2.36. The molecule has 146 valence electrons. The number of ether oxygens (including phenoxy) is 1. The van der Waals surface area contributed by atoms with Crippen molar-refractivity contribution in [2.45, 2.75) is 50.8 Å². The van der Waals surface area contributed by atoms with Gasteiger partial charge >= 0.3 is 5.97 Å². The van der Waals surface area contributed by atoms with Gasteiger partial charge in [0.05, 0.1) is 30.1 Å². The molecule has 0 spiro atoms. The van der Waals surface area contributed by atoms with Crippen molar-refractivity contribution in [2.24, 2.45) is 7.05 Å². The maximum Gasteiger partial charge on any atom is 0.334 e. The molecule has 2 unspecified atom stereocenters. The normalized spacial score (nSPS) is 22.3. The molecule has 0 bridgehead atoms. The highest BCUT2D eigenvalue weighted by Crippen LogP contribution is 2.19. The van der Waals surface area contributed by atoms with Crippen molar-refractivity contribution in [3.05, 3.63) is 11.4 Å². The Bertz CT molecular complexity index is 818. The van der Waals surface area contributed by atoms with Crippen LogP contribution in [0.15, 0.2) is 4.90 Å². The van der Waals surface area contributed by atoms with Crippen LogP contribution < -0.4 is 4.72 Å². The Morgan fingerprint density at radius 1 is 1.35 bits per heavy atom. The largest absolute Gasteiger partial charge is 0.479 e. The minimum absolute atomic E-state index is 0.0402. The van der Waals surface area contributed by atoms with Crippen molar-refractivity contribution in [3.63, 3.8) is 0 Å². The van der Waals surface area contributed by atoms with Crippen LogP contribution in [0.3, 0.4) is 0 Å². The van der Waals surface area contributed by atoms with Gasteiger partial charge in [0.15, 0.2) is 6.10 Å². The van der Waals surface area contributed by atoms with Gasteiger partial charge in [0, 0.05) is 13.6 Å². The number of hydrogen-bond donors (Lipinski definition) is 2. The molecule has 1 aromatic rings. The number of sulfonamides is 1. The van der Waals surface area contributed by atoms with Crippen LogP contribution in [0, 0.1) is 13.8 Å². The van der Waals surface area contributed by atoms with Crippen LogP contribution in [-0.4, -0.2) is 71.4 Å². The van der Waals surface area contributed by atoms with Crippen LogP contribution in [0.5, 0.6) is 0 Å². The van der Waals surface area contributed by atoms with Crippen molar-refractivity contribution in [3.8, 4) is 0 Å². The minimum atomic E-state index is -3.96. The molecule has 1 saturated heterocycles. The second-order valence-corrected chi connectivity index (χ2v) is 8.13. The number of aryl methyl sites for hydroxylation is 2. The topological polar surface area (TPSA) is 131 Å². The van der Waals surface area contributed by atoms with Gasteiger partial charge < -0.3 is 14.7 Å². The minimum Gasteiger partial charge on any atom is -0.479 e. The fraction of sp³-hybridized carbons (Fsp3) is 0.667. The van der Waals surface area contributed by atoms with Crippen molar-refractivity contribution in [2.75, 3.05) is 13.1 Å². The average Bonchev–Trinajstić information content (AvgIpc) is 2.78. The molecule has 0 aromatic carbocycles. The van der Waals surface area contributed by atoms with E-state index in [1.54, 1.807) is 27.8 Å². The number of nitrogens with zero attached hydrogens (tertiary/aromatic N) is 3. The summed E-state index contributed by atoms with van der Waals surface area (Å²) >= 11 is 0. The molecule has 3 atom stereocenters. The van der Waals surface area contributed by atoms with Gasteiger partial charge in [-0.05, 0) is 27.7 Å². The predicted octanol–water partition coefficient (Wildman–Crippen LogP) is -0.596. The number of morpholine rings is 1. The van der Waals surface area contributed by atoms with Crippen LogP contribution in [0.4, 0.5) is 0 Å². The van der Waals surface area contributed by atoms with Gasteiger partial charge in [-0.15, -0.1) is 0 Å². The molecule has 0 saturated carbocycles. The summed E-state index contributed by atoms with van der Waals surface area (Å²) in [6.07, 6.45) is -1.59. The standard InChI is InChI=1S/C15H24N4O6S/c1-8-6-19(7-12(25-8)15(21)22)14(20)10(3)17-26(23,24)13-9(2)16-18(5)11(13)4/h8,10,12,17H,6-7H2,1-5H3,(H,21,22)/t8-,10?,12?/m1/s1.